The zero-order chi connectivity index (χ0) is 18.0. The highest BCUT2D eigenvalue weighted by atomic mass is 16.5. The van der Waals surface area contributed by atoms with E-state index in [1.807, 2.05) is 45.0 Å². The lowest BCUT2D eigenvalue weighted by atomic mass is 10.0. The average Bonchev–Trinajstić information content (AvgIpc) is 2.56. The Labute approximate surface area is 147 Å². The molecule has 2 aromatic rings. The second-order valence-electron chi connectivity index (χ2n) is 7.17. The van der Waals surface area contributed by atoms with Gasteiger partial charge in [0.25, 0.3) is 11.5 Å². The third-order valence-corrected chi connectivity index (χ3v) is 4.58. The number of rotatable bonds is 3. The van der Waals surface area contributed by atoms with Gasteiger partial charge in [-0.1, -0.05) is 29.8 Å². The van der Waals surface area contributed by atoms with Crippen molar-refractivity contribution in [2.45, 2.75) is 32.9 Å². The summed E-state index contributed by atoms with van der Waals surface area (Å²) in [7, 11) is 0. The molecule has 25 heavy (non-hydrogen) atoms. The van der Waals surface area contributed by atoms with Gasteiger partial charge in [-0.15, -0.1) is 0 Å². The Kier molecular flexibility index (Phi) is 4.77. The summed E-state index contributed by atoms with van der Waals surface area (Å²) in [4.78, 5) is 27.5. The predicted molar refractivity (Wildman–Crippen MR) is 96.9 cm³/mol. The quantitative estimate of drug-likeness (QED) is 0.862. The second-order valence-corrected chi connectivity index (χ2v) is 7.17. The summed E-state index contributed by atoms with van der Waals surface area (Å²) in [5.74, 6) is -0.225. The number of carbonyl (C=O) groups is 1. The zero-order valence-corrected chi connectivity index (χ0v) is 15.0. The van der Waals surface area contributed by atoms with Gasteiger partial charge in [-0.05, 0) is 38.5 Å². The Hall–Kier alpha value is -2.40. The maximum atomic E-state index is 13.0. The number of morpholine rings is 1. The molecule has 1 aliphatic rings. The first kappa shape index (κ1) is 17.4. The monoisotopic (exact) mass is 340 g/mol. The number of carbonyl (C=O) groups excluding carboxylic acids is 1. The van der Waals surface area contributed by atoms with Crippen molar-refractivity contribution < 1.29 is 9.53 Å². The molecule has 0 spiro atoms. The fraction of sp³-hybridized carbons (Fsp3) is 0.400. The van der Waals surface area contributed by atoms with E-state index in [9.17, 15) is 9.59 Å². The van der Waals surface area contributed by atoms with Crippen LogP contribution in [0.15, 0.2) is 47.4 Å². The molecule has 0 N–H and O–H groups in total. The summed E-state index contributed by atoms with van der Waals surface area (Å²) < 4.78 is 7.06. The number of pyridine rings is 1. The molecule has 1 aliphatic heterocycles. The molecule has 0 aliphatic carbocycles. The molecule has 1 aromatic heterocycles. The number of nitrogens with zero attached hydrogens (tertiary/aromatic N) is 2. The van der Waals surface area contributed by atoms with Crippen LogP contribution in [0.5, 0.6) is 0 Å². The zero-order valence-electron chi connectivity index (χ0n) is 15.0. The molecule has 1 saturated heterocycles. The molecule has 0 atom stereocenters. The molecule has 2 heterocycles. The van der Waals surface area contributed by atoms with E-state index >= 15 is 0 Å². The molecular formula is C20H24N2O3. The molecule has 1 aromatic carbocycles. The number of amides is 1. The first-order chi connectivity index (χ1) is 11.9. The van der Waals surface area contributed by atoms with Crippen molar-refractivity contribution in [3.8, 4) is 0 Å². The fourth-order valence-electron chi connectivity index (χ4n) is 3.21. The van der Waals surface area contributed by atoms with Crippen molar-refractivity contribution >= 4 is 5.91 Å². The van der Waals surface area contributed by atoms with E-state index in [0.29, 0.717) is 26.3 Å². The van der Waals surface area contributed by atoms with Gasteiger partial charge in [0.2, 0.25) is 0 Å². The normalized spacial score (nSPS) is 16.7. The van der Waals surface area contributed by atoms with E-state index in [1.165, 1.54) is 0 Å². The minimum atomic E-state index is -0.418. The number of ether oxygens (including phenoxy) is 1. The minimum Gasteiger partial charge on any atom is -0.377 e. The van der Waals surface area contributed by atoms with Crippen LogP contribution in [0.4, 0.5) is 0 Å². The number of aryl methyl sites for hydroxylation is 1. The van der Waals surface area contributed by atoms with Crippen LogP contribution >= 0.6 is 0 Å². The second kappa shape index (κ2) is 6.84. The summed E-state index contributed by atoms with van der Waals surface area (Å²) in [5.41, 5.74) is 1.73. The van der Waals surface area contributed by atoms with Crippen LogP contribution in [0, 0.1) is 6.92 Å². The van der Waals surface area contributed by atoms with Crippen LogP contribution < -0.4 is 5.56 Å². The number of aromatic nitrogens is 1. The van der Waals surface area contributed by atoms with Gasteiger partial charge >= 0.3 is 0 Å². The third kappa shape index (κ3) is 3.66. The van der Waals surface area contributed by atoms with Crippen LogP contribution in [0.3, 0.4) is 0 Å². The van der Waals surface area contributed by atoms with Crippen LogP contribution in [0.2, 0.25) is 0 Å². The maximum Gasteiger partial charge on any atom is 0.263 e. The van der Waals surface area contributed by atoms with Crippen molar-refractivity contribution in [2.75, 3.05) is 19.8 Å². The number of benzene rings is 1. The van der Waals surface area contributed by atoms with Gasteiger partial charge in [-0.2, -0.15) is 0 Å². The molecule has 0 radical (unpaired) electrons. The van der Waals surface area contributed by atoms with Gasteiger partial charge in [-0.25, -0.2) is 0 Å². The van der Waals surface area contributed by atoms with E-state index < -0.39 is 5.54 Å². The number of hydrogen-bond donors (Lipinski definition) is 0. The molecule has 1 amide bonds. The van der Waals surface area contributed by atoms with Gasteiger partial charge < -0.3 is 14.2 Å². The molecular weight excluding hydrogens is 316 g/mol. The SMILES string of the molecule is Cc1cccc(Cn2cccc(C(=O)N3CCOCC3(C)C)c2=O)c1. The summed E-state index contributed by atoms with van der Waals surface area (Å²) >= 11 is 0. The summed E-state index contributed by atoms with van der Waals surface area (Å²) in [6, 6.07) is 11.4. The van der Waals surface area contributed by atoms with Gasteiger partial charge in [0.05, 0.1) is 25.3 Å². The molecule has 5 heteroatoms. The highest BCUT2D eigenvalue weighted by Gasteiger charge is 2.35. The topological polar surface area (TPSA) is 51.5 Å². The van der Waals surface area contributed by atoms with Crippen molar-refractivity contribution in [2.24, 2.45) is 0 Å². The molecule has 0 unspecified atom stereocenters. The largest absolute Gasteiger partial charge is 0.377 e. The summed E-state index contributed by atoms with van der Waals surface area (Å²) in [5, 5.41) is 0. The molecule has 132 valence electrons. The molecule has 0 saturated carbocycles. The lowest BCUT2D eigenvalue weighted by Crippen LogP contribution is -2.56. The smallest absolute Gasteiger partial charge is 0.263 e. The van der Waals surface area contributed by atoms with Crippen molar-refractivity contribution in [3.05, 3.63) is 69.6 Å². The Morgan fingerprint density at radius 1 is 1.24 bits per heavy atom. The Bertz CT molecular complexity index is 839. The fourth-order valence-corrected chi connectivity index (χ4v) is 3.21. The van der Waals surface area contributed by atoms with E-state index in [2.05, 4.69) is 0 Å². The predicted octanol–water partition coefficient (Wildman–Crippen LogP) is 2.46. The highest BCUT2D eigenvalue weighted by Crippen LogP contribution is 2.20. The van der Waals surface area contributed by atoms with Gasteiger partial charge in [-0.3, -0.25) is 9.59 Å². The standard InChI is InChI=1S/C20H24N2O3/c1-15-6-4-7-16(12-15)13-21-9-5-8-17(18(21)23)19(24)22-10-11-25-14-20(22,2)3/h4-9,12H,10-11,13-14H2,1-3H3. The third-order valence-electron chi connectivity index (χ3n) is 4.58. The van der Waals surface area contributed by atoms with Crippen LogP contribution in [0.1, 0.15) is 35.3 Å². The first-order valence-electron chi connectivity index (χ1n) is 8.53. The Morgan fingerprint density at radius 3 is 2.76 bits per heavy atom. The van der Waals surface area contributed by atoms with Crippen LogP contribution in [-0.2, 0) is 11.3 Å². The lowest BCUT2D eigenvalue weighted by Gasteiger charge is -2.42. The Morgan fingerprint density at radius 2 is 2.04 bits per heavy atom. The van der Waals surface area contributed by atoms with Crippen molar-refractivity contribution in [3.63, 3.8) is 0 Å². The number of hydrogen-bond acceptors (Lipinski definition) is 3. The molecule has 5 nitrogen and oxygen atoms in total. The molecule has 1 fully saturated rings. The Balaban J connectivity index is 1.90. The van der Waals surface area contributed by atoms with Gasteiger partial charge in [0.15, 0.2) is 0 Å². The molecule has 0 bridgehead atoms. The average molecular weight is 340 g/mol. The highest BCUT2D eigenvalue weighted by molar-refractivity contribution is 5.94. The molecule has 3 rings (SSSR count). The van der Waals surface area contributed by atoms with Crippen LogP contribution in [-0.4, -0.2) is 40.7 Å². The van der Waals surface area contributed by atoms with Crippen molar-refractivity contribution in [1.29, 1.82) is 0 Å². The van der Waals surface area contributed by atoms with Gasteiger partial charge in [0, 0.05) is 12.7 Å². The lowest BCUT2D eigenvalue weighted by molar-refractivity contribution is -0.0371. The van der Waals surface area contributed by atoms with E-state index in [4.69, 9.17) is 4.74 Å². The van der Waals surface area contributed by atoms with E-state index in [0.717, 1.165) is 11.1 Å². The first-order valence-corrected chi connectivity index (χ1v) is 8.53. The summed E-state index contributed by atoms with van der Waals surface area (Å²) in [6.07, 6.45) is 1.73. The van der Waals surface area contributed by atoms with Crippen molar-refractivity contribution in [1.82, 2.24) is 9.47 Å². The minimum absolute atomic E-state index is 0.213. The van der Waals surface area contributed by atoms with E-state index in [1.54, 1.807) is 27.8 Å². The van der Waals surface area contributed by atoms with Gasteiger partial charge in [0.1, 0.15) is 5.56 Å². The van der Waals surface area contributed by atoms with E-state index in [-0.39, 0.29) is 17.0 Å². The van der Waals surface area contributed by atoms with Crippen LogP contribution in [0.25, 0.3) is 0 Å². The summed E-state index contributed by atoms with van der Waals surface area (Å²) in [6.45, 7) is 7.86. The maximum absolute atomic E-state index is 13.0.